The van der Waals surface area contributed by atoms with E-state index in [1.807, 2.05) is 20.8 Å². The predicted octanol–water partition coefficient (Wildman–Crippen LogP) is 1.22. The van der Waals surface area contributed by atoms with Crippen LogP contribution in [0.15, 0.2) is 4.79 Å². The lowest BCUT2D eigenvalue weighted by Gasteiger charge is -2.05. The molecule has 2 aromatic heterocycles. The van der Waals surface area contributed by atoms with E-state index in [-0.39, 0.29) is 18.0 Å². The minimum atomic E-state index is -0.117. The zero-order valence-corrected chi connectivity index (χ0v) is 13.3. The molecule has 3 N–H and O–H groups in total. The van der Waals surface area contributed by atoms with Gasteiger partial charge in [0.1, 0.15) is 10.7 Å². The Balaban J connectivity index is 2.03. The predicted molar refractivity (Wildman–Crippen MR) is 84.7 cm³/mol. The highest BCUT2D eigenvalue weighted by Crippen LogP contribution is 2.25. The van der Waals surface area contributed by atoms with E-state index in [0.29, 0.717) is 24.3 Å². The van der Waals surface area contributed by atoms with E-state index in [1.165, 1.54) is 11.3 Å². The molecule has 114 valence electrons. The van der Waals surface area contributed by atoms with Crippen LogP contribution in [0.25, 0.3) is 10.2 Å². The molecule has 0 aliphatic carbocycles. The molecule has 0 radical (unpaired) electrons. The van der Waals surface area contributed by atoms with Crippen molar-refractivity contribution in [1.82, 2.24) is 20.6 Å². The summed E-state index contributed by atoms with van der Waals surface area (Å²) < 4.78 is 0. The second-order valence-electron chi connectivity index (χ2n) is 4.93. The number of aromatic nitrogens is 2. The molecule has 0 aliphatic heterocycles. The molecule has 0 unspecified atom stereocenters. The van der Waals surface area contributed by atoms with Gasteiger partial charge in [0.25, 0.3) is 5.56 Å². The first-order valence-electron chi connectivity index (χ1n) is 6.99. The number of H-pyrrole nitrogens is 1. The lowest BCUT2D eigenvalue weighted by Crippen LogP contribution is -2.34. The van der Waals surface area contributed by atoms with E-state index < -0.39 is 0 Å². The minimum absolute atomic E-state index is 0.0527. The molecule has 0 spiro atoms. The van der Waals surface area contributed by atoms with Crippen LogP contribution in [0.2, 0.25) is 0 Å². The third-order valence-corrected chi connectivity index (χ3v) is 4.34. The summed E-state index contributed by atoms with van der Waals surface area (Å²) in [5.74, 6) is 0.500. The van der Waals surface area contributed by atoms with Crippen molar-refractivity contribution in [2.24, 2.45) is 0 Å². The lowest BCUT2D eigenvalue weighted by atomic mass is 10.2. The second kappa shape index (κ2) is 6.82. The molecular weight excluding hydrogens is 288 g/mol. The van der Waals surface area contributed by atoms with Crippen LogP contribution in [0.5, 0.6) is 0 Å². The van der Waals surface area contributed by atoms with Crippen LogP contribution in [0.4, 0.5) is 0 Å². The van der Waals surface area contributed by atoms with Crippen LogP contribution >= 0.6 is 11.3 Å². The maximum absolute atomic E-state index is 12.1. The first-order valence-corrected chi connectivity index (χ1v) is 7.81. The highest BCUT2D eigenvalue weighted by Gasteiger charge is 2.11. The number of amides is 1. The van der Waals surface area contributed by atoms with E-state index >= 15 is 0 Å². The number of aromatic amines is 1. The van der Waals surface area contributed by atoms with Gasteiger partial charge in [0, 0.05) is 11.4 Å². The number of nitrogens with one attached hydrogen (secondary N) is 3. The summed E-state index contributed by atoms with van der Waals surface area (Å²) >= 11 is 1.52. The molecule has 2 heterocycles. The summed E-state index contributed by atoms with van der Waals surface area (Å²) in [5, 5.41) is 6.43. The Morgan fingerprint density at radius 3 is 2.86 bits per heavy atom. The van der Waals surface area contributed by atoms with E-state index in [0.717, 1.165) is 21.7 Å². The molecule has 2 rings (SSSR count). The smallest absolute Gasteiger partial charge is 0.259 e. The fourth-order valence-corrected chi connectivity index (χ4v) is 3.05. The van der Waals surface area contributed by atoms with Gasteiger partial charge in [-0.25, -0.2) is 4.98 Å². The molecule has 1 amide bonds. The number of carbonyl (C=O) groups excluding carboxylic acids is 1. The number of hydrogen-bond donors (Lipinski definition) is 3. The standard InChI is InChI=1S/C14H20N4O2S/c1-4-5-16-11(19)7-15-6-10-17-13(20)12-8(2)9(3)21-14(12)18-10/h15H,4-7H2,1-3H3,(H,16,19)(H,17,18,20). The number of nitrogens with zero attached hydrogens (tertiary/aromatic N) is 1. The Morgan fingerprint density at radius 1 is 1.38 bits per heavy atom. The molecule has 6 nitrogen and oxygen atoms in total. The molecule has 2 aromatic rings. The van der Waals surface area contributed by atoms with Gasteiger partial charge in [-0.2, -0.15) is 0 Å². The fraction of sp³-hybridized carbons (Fsp3) is 0.500. The largest absolute Gasteiger partial charge is 0.355 e. The topological polar surface area (TPSA) is 86.9 Å². The maximum atomic E-state index is 12.1. The third kappa shape index (κ3) is 3.68. The highest BCUT2D eigenvalue weighted by atomic mass is 32.1. The fourth-order valence-electron chi connectivity index (χ4n) is 2.00. The zero-order chi connectivity index (χ0) is 15.4. The van der Waals surface area contributed by atoms with Crippen LogP contribution in [0.3, 0.4) is 0 Å². The summed E-state index contributed by atoms with van der Waals surface area (Å²) in [6.45, 7) is 7.17. The molecule has 21 heavy (non-hydrogen) atoms. The SMILES string of the molecule is CCCNC(=O)CNCc1nc2sc(C)c(C)c2c(=O)[nH]1. The molecule has 0 saturated heterocycles. The third-order valence-electron chi connectivity index (χ3n) is 3.24. The maximum Gasteiger partial charge on any atom is 0.259 e. The second-order valence-corrected chi connectivity index (χ2v) is 6.13. The lowest BCUT2D eigenvalue weighted by molar-refractivity contribution is -0.120. The van der Waals surface area contributed by atoms with Crippen molar-refractivity contribution >= 4 is 27.5 Å². The Hall–Kier alpha value is -1.73. The van der Waals surface area contributed by atoms with Gasteiger partial charge in [0.2, 0.25) is 5.91 Å². The number of fused-ring (bicyclic) bond motifs is 1. The van der Waals surface area contributed by atoms with Gasteiger partial charge in [0.05, 0.1) is 18.5 Å². The van der Waals surface area contributed by atoms with Crippen LogP contribution in [0, 0.1) is 13.8 Å². The molecule has 0 saturated carbocycles. The van der Waals surface area contributed by atoms with Gasteiger partial charge >= 0.3 is 0 Å². The average molecular weight is 308 g/mol. The summed E-state index contributed by atoms with van der Waals surface area (Å²) in [6.07, 6.45) is 0.911. The summed E-state index contributed by atoms with van der Waals surface area (Å²) in [7, 11) is 0. The van der Waals surface area contributed by atoms with Crippen LogP contribution in [-0.4, -0.2) is 29.0 Å². The van der Waals surface area contributed by atoms with Crippen molar-refractivity contribution in [2.45, 2.75) is 33.7 Å². The molecule has 0 aliphatic rings. The van der Waals surface area contributed by atoms with Crippen LogP contribution < -0.4 is 16.2 Å². The number of carbonyl (C=O) groups is 1. The molecule has 0 atom stereocenters. The quantitative estimate of drug-likeness (QED) is 0.749. The summed E-state index contributed by atoms with van der Waals surface area (Å²) in [4.78, 5) is 32.6. The Morgan fingerprint density at radius 2 is 2.14 bits per heavy atom. The Bertz CT molecular complexity index is 705. The molecule has 0 bridgehead atoms. The first kappa shape index (κ1) is 15.7. The number of aryl methyl sites for hydroxylation is 2. The zero-order valence-electron chi connectivity index (χ0n) is 12.5. The number of rotatable bonds is 6. The van der Waals surface area contributed by atoms with Gasteiger partial charge in [-0.15, -0.1) is 11.3 Å². The average Bonchev–Trinajstić information content (AvgIpc) is 2.72. The van der Waals surface area contributed by atoms with Gasteiger partial charge < -0.3 is 15.6 Å². The van der Waals surface area contributed by atoms with Crippen molar-refractivity contribution < 1.29 is 4.79 Å². The van der Waals surface area contributed by atoms with Crippen molar-refractivity contribution in [1.29, 1.82) is 0 Å². The molecule has 0 aromatic carbocycles. The van der Waals surface area contributed by atoms with Crippen molar-refractivity contribution in [3.05, 3.63) is 26.6 Å². The Labute approximate surface area is 127 Å². The van der Waals surface area contributed by atoms with Crippen molar-refractivity contribution in [3.8, 4) is 0 Å². The van der Waals surface area contributed by atoms with E-state index in [1.54, 1.807) is 0 Å². The molecule has 0 fully saturated rings. The van der Waals surface area contributed by atoms with Gasteiger partial charge in [-0.05, 0) is 25.8 Å². The first-order chi connectivity index (χ1) is 10.0. The van der Waals surface area contributed by atoms with E-state index in [9.17, 15) is 9.59 Å². The Kier molecular flexibility index (Phi) is 5.08. The normalized spacial score (nSPS) is 11.0. The molecule has 7 heteroatoms. The minimum Gasteiger partial charge on any atom is -0.355 e. The van der Waals surface area contributed by atoms with Crippen molar-refractivity contribution in [2.75, 3.05) is 13.1 Å². The van der Waals surface area contributed by atoms with Gasteiger partial charge in [-0.1, -0.05) is 6.92 Å². The monoisotopic (exact) mass is 308 g/mol. The highest BCUT2D eigenvalue weighted by molar-refractivity contribution is 7.18. The van der Waals surface area contributed by atoms with Crippen molar-refractivity contribution in [3.63, 3.8) is 0 Å². The van der Waals surface area contributed by atoms with E-state index in [2.05, 4.69) is 20.6 Å². The van der Waals surface area contributed by atoms with E-state index in [4.69, 9.17) is 0 Å². The number of hydrogen-bond acceptors (Lipinski definition) is 5. The molecular formula is C14H20N4O2S. The van der Waals surface area contributed by atoms with Gasteiger partial charge in [-0.3, -0.25) is 9.59 Å². The van der Waals surface area contributed by atoms with Gasteiger partial charge in [0.15, 0.2) is 0 Å². The summed E-state index contributed by atoms with van der Waals surface area (Å²) in [5.41, 5.74) is 0.872. The number of thiophene rings is 1. The van der Waals surface area contributed by atoms with Crippen LogP contribution in [0.1, 0.15) is 29.6 Å². The van der Waals surface area contributed by atoms with Crippen LogP contribution in [-0.2, 0) is 11.3 Å². The summed E-state index contributed by atoms with van der Waals surface area (Å²) in [6, 6.07) is 0.